The molecular formula is C11H23N2O4P. The zero-order valence-corrected chi connectivity index (χ0v) is 12.4. The molecule has 0 aliphatic carbocycles. The summed E-state index contributed by atoms with van der Waals surface area (Å²) < 4.78 is 27.0. The van der Waals surface area contributed by atoms with Gasteiger partial charge in [-0.1, -0.05) is 19.8 Å². The van der Waals surface area contributed by atoms with Gasteiger partial charge in [0.1, 0.15) is 0 Å². The van der Waals surface area contributed by atoms with Crippen LogP contribution in [0.2, 0.25) is 0 Å². The van der Waals surface area contributed by atoms with Crippen molar-refractivity contribution < 1.29 is 18.1 Å². The van der Waals surface area contributed by atoms with Gasteiger partial charge in [-0.3, -0.25) is 9.05 Å². The Balaban J connectivity index is 2.58. The van der Waals surface area contributed by atoms with Gasteiger partial charge in [0.25, 0.3) is 0 Å². The van der Waals surface area contributed by atoms with Gasteiger partial charge >= 0.3 is 7.82 Å². The van der Waals surface area contributed by atoms with Crippen molar-refractivity contribution in [1.29, 1.82) is 0 Å². The van der Waals surface area contributed by atoms with Crippen LogP contribution in [-0.2, 0) is 18.1 Å². The predicted octanol–water partition coefficient (Wildman–Crippen LogP) is 2.60. The van der Waals surface area contributed by atoms with E-state index in [1.54, 1.807) is 0 Å². The van der Waals surface area contributed by atoms with Crippen molar-refractivity contribution in [2.24, 2.45) is 0 Å². The van der Waals surface area contributed by atoms with Crippen molar-refractivity contribution in [2.45, 2.75) is 32.5 Å². The van der Waals surface area contributed by atoms with E-state index in [9.17, 15) is 4.57 Å². The molecule has 1 aliphatic rings. The smallest absolute Gasteiger partial charge is 0.337 e. The van der Waals surface area contributed by atoms with E-state index in [2.05, 4.69) is 6.92 Å². The number of hydrogen-bond donors (Lipinski definition) is 0. The summed E-state index contributed by atoms with van der Waals surface area (Å²) in [6.07, 6.45) is 6.76. The second-order valence-electron chi connectivity index (χ2n) is 4.15. The number of rotatable bonds is 8. The minimum absolute atomic E-state index is 0.437. The molecule has 1 aliphatic heterocycles. The van der Waals surface area contributed by atoms with Crippen LogP contribution in [0.4, 0.5) is 0 Å². The summed E-state index contributed by atoms with van der Waals surface area (Å²) in [6, 6.07) is 0. The van der Waals surface area contributed by atoms with Gasteiger partial charge in [-0.2, -0.15) is 0 Å². The van der Waals surface area contributed by atoms with Crippen molar-refractivity contribution >= 4 is 7.82 Å². The minimum Gasteiger partial charge on any atom is -0.337 e. The maximum Gasteiger partial charge on any atom is 0.477 e. The molecule has 0 saturated heterocycles. The van der Waals surface area contributed by atoms with E-state index in [1.165, 1.54) is 14.2 Å². The first kappa shape index (κ1) is 15.5. The molecule has 0 N–H and O–H groups in total. The molecule has 18 heavy (non-hydrogen) atoms. The first-order chi connectivity index (χ1) is 8.56. The van der Waals surface area contributed by atoms with Gasteiger partial charge in [0, 0.05) is 40.2 Å². The fourth-order valence-corrected chi connectivity index (χ4v) is 2.53. The van der Waals surface area contributed by atoms with Crippen molar-refractivity contribution in [3.05, 3.63) is 12.4 Å². The Bertz CT molecular complexity index is 316. The van der Waals surface area contributed by atoms with Crippen LogP contribution >= 0.6 is 7.82 Å². The van der Waals surface area contributed by atoms with Crippen molar-refractivity contribution in [1.82, 2.24) is 9.80 Å². The highest BCUT2D eigenvalue weighted by Crippen LogP contribution is 2.49. The van der Waals surface area contributed by atoms with E-state index in [1.807, 2.05) is 29.2 Å². The Morgan fingerprint density at radius 3 is 2.44 bits per heavy atom. The Kier molecular flexibility index (Phi) is 6.15. The first-order valence-corrected chi connectivity index (χ1v) is 7.58. The van der Waals surface area contributed by atoms with Crippen LogP contribution in [0.5, 0.6) is 0 Å². The van der Waals surface area contributed by atoms with E-state index >= 15 is 0 Å². The molecule has 1 unspecified atom stereocenters. The Morgan fingerprint density at radius 2 is 1.89 bits per heavy atom. The SMILES string of the molecule is CCCCCN1C=CN(C)C1OP(=O)(OC)OC. The third-order valence-electron chi connectivity index (χ3n) is 2.82. The van der Waals surface area contributed by atoms with Crippen LogP contribution in [-0.4, -0.2) is 44.0 Å². The lowest BCUT2D eigenvalue weighted by Gasteiger charge is -2.31. The van der Waals surface area contributed by atoms with Gasteiger partial charge in [0.15, 0.2) is 0 Å². The molecule has 0 saturated carbocycles. The third-order valence-corrected chi connectivity index (χ3v) is 4.16. The Labute approximate surface area is 109 Å². The standard InChI is InChI=1S/C11H23N2O4P/c1-5-6-7-8-13-10-9-12(2)11(13)17-18(14,15-3)16-4/h9-11H,5-8H2,1-4H3. The van der Waals surface area contributed by atoms with Gasteiger partial charge in [0.05, 0.1) is 0 Å². The van der Waals surface area contributed by atoms with Gasteiger partial charge in [-0.05, 0) is 6.42 Å². The monoisotopic (exact) mass is 278 g/mol. The summed E-state index contributed by atoms with van der Waals surface area (Å²) >= 11 is 0. The van der Waals surface area contributed by atoms with E-state index in [0.29, 0.717) is 0 Å². The first-order valence-electron chi connectivity index (χ1n) is 6.12. The molecule has 0 amide bonds. The van der Waals surface area contributed by atoms with Crippen molar-refractivity contribution in [3.8, 4) is 0 Å². The van der Waals surface area contributed by atoms with Crippen LogP contribution in [0.3, 0.4) is 0 Å². The normalized spacial score (nSPS) is 19.9. The van der Waals surface area contributed by atoms with Crippen LogP contribution in [0.25, 0.3) is 0 Å². The van der Waals surface area contributed by atoms with Crippen LogP contribution < -0.4 is 0 Å². The molecule has 0 aromatic heterocycles. The lowest BCUT2D eigenvalue weighted by molar-refractivity contribution is -0.0399. The second-order valence-corrected chi connectivity index (χ2v) is 5.99. The molecular weight excluding hydrogens is 255 g/mol. The average Bonchev–Trinajstić information content (AvgIpc) is 2.71. The molecule has 1 heterocycles. The Hall–Kier alpha value is -0.550. The summed E-state index contributed by atoms with van der Waals surface area (Å²) in [5.74, 6) is 0. The number of phosphoric ester groups is 1. The lowest BCUT2D eigenvalue weighted by Crippen LogP contribution is -2.38. The summed E-state index contributed by atoms with van der Waals surface area (Å²) in [4.78, 5) is 3.82. The fourth-order valence-electron chi connectivity index (χ4n) is 1.71. The molecule has 106 valence electrons. The maximum absolute atomic E-state index is 12.0. The minimum atomic E-state index is -3.47. The second kappa shape index (κ2) is 7.14. The summed E-state index contributed by atoms with van der Waals surface area (Å²) in [6.45, 7) is 3.01. The van der Waals surface area contributed by atoms with E-state index in [0.717, 1.165) is 25.8 Å². The van der Waals surface area contributed by atoms with Gasteiger partial charge in [0.2, 0.25) is 6.35 Å². The number of nitrogens with zero attached hydrogens (tertiary/aromatic N) is 2. The summed E-state index contributed by atoms with van der Waals surface area (Å²) in [5, 5.41) is 0. The van der Waals surface area contributed by atoms with E-state index < -0.39 is 14.2 Å². The number of unbranched alkanes of at least 4 members (excludes halogenated alkanes) is 2. The highest BCUT2D eigenvalue weighted by Gasteiger charge is 2.34. The van der Waals surface area contributed by atoms with Crippen LogP contribution in [0.15, 0.2) is 12.4 Å². The van der Waals surface area contributed by atoms with E-state index in [-0.39, 0.29) is 0 Å². The van der Waals surface area contributed by atoms with Gasteiger partial charge < -0.3 is 9.80 Å². The molecule has 0 radical (unpaired) electrons. The fraction of sp³-hybridized carbons (Fsp3) is 0.818. The van der Waals surface area contributed by atoms with Gasteiger partial charge in [-0.15, -0.1) is 0 Å². The molecule has 0 bridgehead atoms. The van der Waals surface area contributed by atoms with Crippen molar-refractivity contribution in [2.75, 3.05) is 27.8 Å². The summed E-state index contributed by atoms with van der Waals surface area (Å²) in [7, 11) is 1.02. The highest BCUT2D eigenvalue weighted by atomic mass is 31.2. The van der Waals surface area contributed by atoms with Crippen LogP contribution in [0, 0.1) is 0 Å². The predicted molar refractivity (Wildman–Crippen MR) is 69.6 cm³/mol. The molecule has 0 fully saturated rings. The largest absolute Gasteiger partial charge is 0.477 e. The molecule has 6 nitrogen and oxygen atoms in total. The third kappa shape index (κ3) is 3.99. The number of hydrogen-bond acceptors (Lipinski definition) is 6. The molecule has 1 rings (SSSR count). The molecule has 0 aromatic carbocycles. The average molecular weight is 278 g/mol. The van der Waals surface area contributed by atoms with Crippen molar-refractivity contribution in [3.63, 3.8) is 0 Å². The molecule has 7 heteroatoms. The zero-order chi connectivity index (χ0) is 13.6. The highest BCUT2D eigenvalue weighted by molar-refractivity contribution is 7.48. The summed E-state index contributed by atoms with van der Waals surface area (Å²) in [5.41, 5.74) is 0. The quantitative estimate of drug-likeness (QED) is 0.502. The zero-order valence-electron chi connectivity index (χ0n) is 11.5. The molecule has 1 atom stereocenters. The van der Waals surface area contributed by atoms with Crippen LogP contribution in [0.1, 0.15) is 26.2 Å². The lowest BCUT2D eigenvalue weighted by atomic mass is 10.2. The Morgan fingerprint density at radius 1 is 1.22 bits per heavy atom. The topological polar surface area (TPSA) is 51.2 Å². The van der Waals surface area contributed by atoms with E-state index in [4.69, 9.17) is 13.6 Å². The maximum atomic E-state index is 12.0. The van der Waals surface area contributed by atoms with Gasteiger partial charge in [-0.25, -0.2) is 9.09 Å². The number of phosphoric acid groups is 1. The molecule has 0 spiro atoms. The molecule has 0 aromatic rings.